The van der Waals surface area contributed by atoms with Gasteiger partial charge >= 0.3 is 0 Å². The van der Waals surface area contributed by atoms with Gasteiger partial charge in [0.25, 0.3) is 0 Å². The molecule has 0 radical (unpaired) electrons. The van der Waals surface area contributed by atoms with Gasteiger partial charge in [-0.1, -0.05) is 97.4 Å². The summed E-state index contributed by atoms with van der Waals surface area (Å²) >= 11 is 17.3. The second-order valence-electron chi connectivity index (χ2n) is 9.56. The quantitative estimate of drug-likeness (QED) is 0.115. The predicted octanol–water partition coefficient (Wildman–Crippen LogP) is 5.87. The molecule has 216 valence electrons. The maximum absolute atomic E-state index is 4.90. The van der Waals surface area contributed by atoms with Gasteiger partial charge in [0.15, 0.2) is 0 Å². The third-order valence-corrected chi connectivity index (χ3v) is 7.91. The van der Waals surface area contributed by atoms with Gasteiger partial charge in [0.2, 0.25) is 0 Å². The second-order valence-corrected chi connectivity index (χ2v) is 11.3. The number of rotatable bonds is 0. The zero-order valence-electron chi connectivity index (χ0n) is 23.0. The third-order valence-electron chi connectivity index (χ3n) is 6.77. The van der Waals surface area contributed by atoms with Crippen molar-refractivity contribution in [3.05, 3.63) is 98.1 Å². The van der Waals surface area contributed by atoms with Crippen LogP contribution in [0.3, 0.4) is 0 Å². The van der Waals surface area contributed by atoms with E-state index in [1.165, 1.54) is 64.6 Å². The van der Waals surface area contributed by atoms with Crippen molar-refractivity contribution in [2.24, 2.45) is 22.9 Å². The molecular formula is C32H24N8S4. The fourth-order valence-corrected chi connectivity index (χ4v) is 4.86. The maximum atomic E-state index is 4.90. The molecule has 0 fully saturated rings. The summed E-state index contributed by atoms with van der Waals surface area (Å²) in [7, 11) is 0. The number of aromatic nitrogens is 4. The lowest BCUT2D eigenvalue weighted by Gasteiger charge is -2.08. The van der Waals surface area contributed by atoms with Crippen molar-refractivity contribution in [1.82, 2.24) is 19.9 Å². The SMILES string of the molecule is NC(=S)C(N)=S.NC(=S)C(N)=S.c1cc2cncc3ccc4cncc1c4c23.c1cc2cncc3ccc4cncc1c4c23. The van der Waals surface area contributed by atoms with Crippen LogP contribution in [0, 0.1) is 0 Å². The van der Waals surface area contributed by atoms with Crippen molar-refractivity contribution >= 4 is 133 Å². The Labute approximate surface area is 273 Å². The molecule has 0 aliphatic heterocycles. The van der Waals surface area contributed by atoms with Gasteiger partial charge < -0.3 is 22.9 Å². The molecule has 8 rings (SSSR count). The van der Waals surface area contributed by atoms with Crippen LogP contribution in [0.4, 0.5) is 0 Å². The van der Waals surface area contributed by atoms with E-state index in [9.17, 15) is 0 Å². The average Bonchev–Trinajstić information content (AvgIpc) is 3.03. The van der Waals surface area contributed by atoms with Crippen molar-refractivity contribution in [3.8, 4) is 0 Å². The number of nitrogens with two attached hydrogens (primary N) is 4. The van der Waals surface area contributed by atoms with Gasteiger partial charge in [-0.25, -0.2) is 0 Å². The van der Waals surface area contributed by atoms with Crippen LogP contribution in [0.25, 0.3) is 64.6 Å². The minimum absolute atomic E-state index is 0.102. The number of hydrogen-bond acceptors (Lipinski definition) is 8. The van der Waals surface area contributed by atoms with Crippen molar-refractivity contribution in [2.45, 2.75) is 0 Å². The van der Waals surface area contributed by atoms with Gasteiger partial charge in [0.05, 0.1) is 0 Å². The van der Waals surface area contributed by atoms with Crippen LogP contribution in [-0.2, 0) is 0 Å². The van der Waals surface area contributed by atoms with Gasteiger partial charge in [0.1, 0.15) is 20.0 Å². The van der Waals surface area contributed by atoms with Crippen LogP contribution >= 0.6 is 48.9 Å². The zero-order chi connectivity index (χ0) is 31.4. The van der Waals surface area contributed by atoms with Crippen molar-refractivity contribution < 1.29 is 0 Å². The minimum Gasteiger partial charge on any atom is -0.388 e. The Balaban J connectivity index is 0.000000130. The summed E-state index contributed by atoms with van der Waals surface area (Å²) in [6.45, 7) is 0. The summed E-state index contributed by atoms with van der Waals surface area (Å²) in [5.74, 6) is 0. The van der Waals surface area contributed by atoms with Crippen LogP contribution in [0.2, 0.25) is 0 Å². The van der Waals surface area contributed by atoms with E-state index >= 15 is 0 Å². The lowest BCUT2D eigenvalue weighted by atomic mass is 9.98. The van der Waals surface area contributed by atoms with Crippen molar-refractivity contribution in [3.63, 3.8) is 0 Å². The molecule has 0 unspecified atom stereocenters. The smallest absolute Gasteiger partial charge is 0.131 e. The molecule has 0 saturated heterocycles. The summed E-state index contributed by atoms with van der Waals surface area (Å²) in [5, 5.41) is 14.8. The van der Waals surface area contributed by atoms with Gasteiger partial charge in [0, 0.05) is 114 Å². The van der Waals surface area contributed by atoms with Crippen molar-refractivity contribution in [2.75, 3.05) is 0 Å². The molecule has 0 spiro atoms. The first kappa shape index (κ1) is 30.6. The van der Waals surface area contributed by atoms with Gasteiger partial charge in [-0.15, -0.1) is 0 Å². The first-order valence-electron chi connectivity index (χ1n) is 13.0. The molecule has 8 N–H and O–H groups in total. The molecule has 0 amide bonds. The first-order chi connectivity index (χ1) is 21.2. The molecular weight excluding hydrogens is 625 g/mol. The molecule has 0 aliphatic carbocycles. The highest BCUT2D eigenvalue weighted by atomic mass is 32.1. The van der Waals surface area contributed by atoms with E-state index in [1.807, 2.05) is 49.6 Å². The van der Waals surface area contributed by atoms with E-state index in [1.54, 1.807) is 0 Å². The minimum atomic E-state index is 0.102. The predicted molar refractivity (Wildman–Crippen MR) is 199 cm³/mol. The number of pyridine rings is 4. The Kier molecular flexibility index (Phi) is 9.16. The lowest BCUT2D eigenvalue weighted by Crippen LogP contribution is -2.26. The van der Waals surface area contributed by atoms with E-state index < -0.39 is 0 Å². The number of thiocarbonyl (C=S) groups is 4. The van der Waals surface area contributed by atoms with Crippen LogP contribution in [-0.4, -0.2) is 39.9 Å². The largest absolute Gasteiger partial charge is 0.388 e. The van der Waals surface area contributed by atoms with E-state index in [0.29, 0.717) is 0 Å². The van der Waals surface area contributed by atoms with E-state index in [0.717, 1.165) is 0 Å². The molecule has 12 heteroatoms. The molecule has 8 aromatic rings. The topological polar surface area (TPSA) is 156 Å². The molecule has 4 heterocycles. The average molecular weight is 649 g/mol. The third kappa shape index (κ3) is 6.38. The highest BCUT2D eigenvalue weighted by Gasteiger charge is 2.08. The van der Waals surface area contributed by atoms with Crippen molar-refractivity contribution in [1.29, 1.82) is 0 Å². The summed E-state index contributed by atoms with van der Waals surface area (Å²) < 4.78 is 0. The van der Waals surface area contributed by atoms with Crippen LogP contribution < -0.4 is 22.9 Å². The highest BCUT2D eigenvalue weighted by Crippen LogP contribution is 2.33. The van der Waals surface area contributed by atoms with Gasteiger partial charge in [-0.3, -0.25) is 19.9 Å². The normalized spacial score (nSPS) is 10.5. The first-order valence-corrected chi connectivity index (χ1v) is 14.6. The zero-order valence-corrected chi connectivity index (χ0v) is 26.2. The Morgan fingerprint density at radius 2 is 0.455 bits per heavy atom. The standard InChI is InChI=1S/2C14H8N2.2C2H4N2S2/c2*1-2-10-6-16-8-12-4-3-11-7-15-5-9(1)13(11)14(10)12;2*3-1(5)2(4)6/h2*1-8H;2*(H2,3,5)(H2,4,6). The van der Waals surface area contributed by atoms with Crippen LogP contribution in [0.5, 0.6) is 0 Å². The molecule has 4 aromatic heterocycles. The molecule has 0 saturated carbocycles. The summed E-state index contributed by atoms with van der Waals surface area (Å²) in [5.41, 5.74) is 19.6. The Bertz CT molecular complexity index is 1870. The van der Waals surface area contributed by atoms with Crippen LogP contribution in [0.1, 0.15) is 0 Å². The molecule has 0 atom stereocenters. The second kappa shape index (κ2) is 13.2. The Hall–Kier alpha value is -4.88. The highest BCUT2D eigenvalue weighted by molar-refractivity contribution is 7.89. The maximum Gasteiger partial charge on any atom is 0.131 e. The molecule has 44 heavy (non-hydrogen) atoms. The molecule has 0 aliphatic rings. The Morgan fingerprint density at radius 3 is 0.568 bits per heavy atom. The van der Waals surface area contributed by atoms with E-state index in [-0.39, 0.29) is 20.0 Å². The van der Waals surface area contributed by atoms with Gasteiger partial charge in [-0.2, -0.15) is 0 Å². The van der Waals surface area contributed by atoms with Crippen LogP contribution in [0.15, 0.2) is 98.1 Å². The number of benzene rings is 4. The number of hydrogen-bond donors (Lipinski definition) is 4. The Morgan fingerprint density at radius 1 is 0.318 bits per heavy atom. The fourth-order valence-electron chi connectivity index (χ4n) is 4.86. The summed E-state index contributed by atoms with van der Waals surface area (Å²) in [6.07, 6.45) is 15.3. The molecule has 0 bridgehead atoms. The molecule has 8 nitrogen and oxygen atoms in total. The van der Waals surface area contributed by atoms with Gasteiger partial charge in [-0.05, 0) is 0 Å². The monoisotopic (exact) mass is 648 g/mol. The lowest BCUT2D eigenvalue weighted by molar-refractivity contribution is 1.37. The van der Waals surface area contributed by atoms with E-state index in [2.05, 4.69) is 117 Å². The molecule has 4 aromatic carbocycles. The fraction of sp³-hybridized carbons (Fsp3) is 0. The summed E-state index contributed by atoms with van der Waals surface area (Å²) in [6, 6.07) is 16.9. The number of nitrogens with zero attached hydrogens (tertiary/aromatic N) is 4. The summed E-state index contributed by atoms with van der Waals surface area (Å²) in [4.78, 5) is 17.4. The van der Waals surface area contributed by atoms with E-state index in [4.69, 9.17) is 22.9 Å².